The van der Waals surface area contributed by atoms with Crippen LogP contribution in [0.25, 0.3) is 11.1 Å². The minimum atomic E-state index is -3.40. The van der Waals surface area contributed by atoms with Crippen LogP contribution in [0.15, 0.2) is 65.7 Å². The van der Waals surface area contributed by atoms with Gasteiger partial charge in [-0.05, 0) is 36.2 Å². The Morgan fingerprint density at radius 1 is 1.04 bits per heavy atom. The first-order chi connectivity index (χ1) is 12.8. The van der Waals surface area contributed by atoms with Crippen LogP contribution in [0.1, 0.15) is 21.6 Å². The lowest BCUT2D eigenvalue weighted by atomic mass is 10.1. The number of carbonyl (C=O) groups excluding carboxylic acids is 1. The molecule has 0 unspecified atom stereocenters. The van der Waals surface area contributed by atoms with Gasteiger partial charge < -0.3 is 5.32 Å². The van der Waals surface area contributed by atoms with Crippen molar-refractivity contribution >= 4 is 15.7 Å². The third-order valence-corrected chi connectivity index (χ3v) is 5.33. The fourth-order valence-corrected chi connectivity index (χ4v) is 3.69. The van der Waals surface area contributed by atoms with Crippen molar-refractivity contribution in [2.45, 2.75) is 18.4 Å². The minimum absolute atomic E-state index is 0.154. The number of rotatable bonds is 5. The van der Waals surface area contributed by atoms with Crippen molar-refractivity contribution in [1.29, 1.82) is 0 Å². The van der Waals surface area contributed by atoms with Gasteiger partial charge in [-0.1, -0.05) is 36.4 Å². The average molecular weight is 381 g/mol. The molecule has 0 aliphatic rings. The molecule has 0 aliphatic carbocycles. The maximum atomic E-state index is 12.4. The molecule has 1 aromatic heterocycles. The Labute approximate surface area is 158 Å². The lowest BCUT2D eigenvalue weighted by molar-refractivity contribution is 0.0950. The second-order valence-corrected chi connectivity index (χ2v) is 8.22. The Morgan fingerprint density at radius 3 is 2.48 bits per heavy atom. The smallest absolute Gasteiger partial charge is 0.251 e. The van der Waals surface area contributed by atoms with Crippen molar-refractivity contribution in [2.75, 3.05) is 6.26 Å². The van der Waals surface area contributed by atoms with Gasteiger partial charge >= 0.3 is 0 Å². The van der Waals surface area contributed by atoms with E-state index in [2.05, 4.69) is 15.5 Å². The van der Waals surface area contributed by atoms with Crippen LogP contribution in [0, 0.1) is 6.92 Å². The molecule has 138 valence electrons. The predicted octanol–water partition coefficient (Wildman–Crippen LogP) is 2.79. The molecule has 1 N–H and O–H groups in total. The number of sulfone groups is 1. The zero-order chi connectivity index (χ0) is 19.4. The molecule has 3 aromatic rings. The van der Waals surface area contributed by atoms with Crippen molar-refractivity contribution in [1.82, 2.24) is 15.5 Å². The number of carbonyl (C=O) groups is 1. The largest absolute Gasteiger partial charge is 0.346 e. The highest BCUT2D eigenvalue weighted by molar-refractivity contribution is 7.90. The van der Waals surface area contributed by atoms with E-state index in [1.54, 1.807) is 25.3 Å². The average Bonchev–Trinajstić information content (AvgIpc) is 2.66. The van der Waals surface area contributed by atoms with Crippen LogP contribution in [0.2, 0.25) is 0 Å². The third kappa shape index (κ3) is 4.57. The summed E-state index contributed by atoms with van der Waals surface area (Å²) in [7, 11) is -3.40. The monoisotopic (exact) mass is 381 g/mol. The molecule has 0 fully saturated rings. The van der Waals surface area contributed by atoms with E-state index in [0.29, 0.717) is 11.3 Å². The number of aryl methyl sites for hydroxylation is 1. The van der Waals surface area contributed by atoms with E-state index in [1.807, 2.05) is 36.4 Å². The van der Waals surface area contributed by atoms with E-state index in [-0.39, 0.29) is 22.9 Å². The number of hydrogen-bond donors (Lipinski definition) is 1. The third-order valence-electron chi connectivity index (χ3n) is 4.09. The zero-order valence-corrected chi connectivity index (χ0v) is 15.8. The number of benzene rings is 2. The summed E-state index contributed by atoms with van der Waals surface area (Å²) < 4.78 is 23.7. The topological polar surface area (TPSA) is 89.0 Å². The van der Waals surface area contributed by atoms with Crippen LogP contribution >= 0.6 is 0 Å². The van der Waals surface area contributed by atoms with Gasteiger partial charge in [0.2, 0.25) is 0 Å². The van der Waals surface area contributed by atoms with Gasteiger partial charge in [0.05, 0.1) is 23.3 Å². The van der Waals surface area contributed by atoms with Crippen molar-refractivity contribution in [3.8, 4) is 11.1 Å². The lowest BCUT2D eigenvalue weighted by Crippen LogP contribution is -2.23. The summed E-state index contributed by atoms with van der Waals surface area (Å²) in [6, 6.07) is 16.2. The molecular formula is C20H19N3O3S. The van der Waals surface area contributed by atoms with Gasteiger partial charge in [-0.25, -0.2) is 8.42 Å². The van der Waals surface area contributed by atoms with Crippen LogP contribution < -0.4 is 5.32 Å². The summed E-state index contributed by atoms with van der Waals surface area (Å²) in [6.45, 7) is 1.89. The van der Waals surface area contributed by atoms with E-state index in [9.17, 15) is 13.2 Å². The maximum absolute atomic E-state index is 12.4. The van der Waals surface area contributed by atoms with E-state index in [4.69, 9.17) is 0 Å². The quantitative estimate of drug-likeness (QED) is 0.734. The molecule has 0 spiro atoms. The van der Waals surface area contributed by atoms with Crippen molar-refractivity contribution < 1.29 is 13.2 Å². The molecule has 1 amide bonds. The molecular weight excluding hydrogens is 362 g/mol. The molecule has 0 saturated heterocycles. The first kappa shape index (κ1) is 18.7. The number of nitrogens with one attached hydrogen (secondary N) is 1. The SMILES string of the molecule is Cc1ccc(C(=O)NCc2cc(-c3ccccc3)cnn2)cc1S(C)(=O)=O. The fourth-order valence-electron chi connectivity index (χ4n) is 2.70. The normalized spacial score (nSPS) is 11.2. The van der Waals surface area contributed by atoms with Crippen molar-refractivity contribution in [3.05, 3.63) is 77.6 Å². The molecule has 0 saturated carbocycles. The Kier molecular flexibility index (Phi) is 5.32. The molecule has 2 aromatic carbocycles. The van der Waals surface area contributed by atoms with Crippen LogP contribution in [-0.4, -0.2) is 30.8 Å². The summed E-state index contributed by atoms with van der Waals surface area (Å²) >= 11 is 0. The fraction of sp³-hybridized carbons (Fsp3) is 0.150. The Hall–Kier alpha value is -3.06. The van der Waals surface area contributed by atoms with Gasteiger partial charge in [0.15, 0.2) is 9.84 Å². The summed E-state index contributed by atoms with van der Waals surface area (Å²) in [4.78, 5) is 12.6. The van der Waals surface area contributed by atoms with E-state index < -0.39 is 9.84 Å². The number of aromatic nitrogens is 2. The standard InChI is InChI=1S/C20H19N3O3S/c1-14-8-9-16(11-19(14)27(2,25)26)20(24)21-13-18-10-17(12-22-23-18)15-6-4-3-5-7-15/h3-12H,13H2,1-2H3,(H,21,24). The second kappa shape index (κ2) is 7.67. The van der Waals surface area contributed by atoms with Gasteiger partial charge in [0.1, 0.15) is 0 Å². The number of hydrogen-bond acceptors (Lipinski definition) is 5. The summed E-state index contributed by atoms with van der Waals surface area (Å²) in [5.74, 6) is -0.369. The number of amides is 1. The molecule has 0 radical (unpaired) electrons. The Bertz CT molecular complexity index is 1080. The summed E-state index contributed by atoms with van der Waals surface area (Å²) in [5.41, 5.74) is 3.42. The summed E-state index contributed by atoms with van der Waals surface area (Å²) in [5, 5.41) is 10.8. The molecule has 0 aliphatic heterocycles. The highest BCUT2D eigenvalue weighted by Crippen LogP contribution is 2.19. The van der Waals surface area contributed by atoms with E-state index in [1.165, 1.54) is 6.07 Å². The second-order valence-electron chi connectivity index (χ2n) is 6.24. The molecule has 0 bridgehead atoms. The van der Waals surface area contributed by atoms with Gasteiger partial charge in [-0.3, -0.25) is 4.79 Å². The minimum Gasteiger partial charge on any atom is -0.346 e. The van der Waals surface area contributed by atoms with Crippen LogP contribution in [0.4, 0.5) is 0 Å². The van der Waals surface area contributed by atoms with Crippen LogP contribution in [0.5, 0.6) is 0 Å². The molecule has 0 atom stereocenters. The number of nitrogens with zero attached hydrogens (tertiary/aromatic N) is 2. The van der Waals surface area contributed by atoms with Crippen LogP contribution in [0.3, 0.4) is 0 Å². The Morgan fingerprint density at radius 2 is 1.78 bits per heavy atom. The van der Waals surface area contributed by atoms with E-state index >= 15 is 0 Å². The van der Waals surface area contributed by atoms with Gasteiger partial charge in [0.25, 0.3) is 5.91 Å². The molecule has 27 heavy (non-hydrogen) atoms. The van der Waals surface area contributed by atoms with Crippen molar-refractivity contribution in [3.63, 3.8) is 0 Å². The molecule has 7 heteroatoms. The first-order valence-electron chi connectivity index (χ1n) is 8.30. The lowest BCUT2D eigenvalue weighted by Gasteiger charge is -2.09. The molecule has 3 rings (SSSR count). The molecule has 1 heterocycles. The van der Waals surface area contributed by atoms with Crippen molar-refractivity contribution in [2.24, 2.45) is 0 Å². The maximum Gasteiger partial charge on any atom is 0.251 e. The highest BCUT2D eigenvalue weighted by Gasteiger charge is 2.15. The summed E-state index contributed by atoms with van der Waals surface area (Å²) in [6.07, 6.45) is 2.79. The van der Waals surface area contributed by atoms with Gasteiger partial charge in [-0.2, -0.15) is 10.2 Å². The molecule has 6 nitrogen and oxygen atoms in total. The first-order valence-corrected chi connectivity index (χ1v) is 10.2. The van der Waals surface area contributed by atoms with Gasteiger partial charge in [0, 0.05) is 17.4 Å². The van der Waals surface area contributed by atoms with Crippen LogP contribution in [-0.2, 0) is 16.4 Å². The zero-order valence-electron chi connectivity index (χ0n) is 15.0. The Balaban J connectivity index is 1.75. The van der Waals surface area contributed by atoms with E-state index in [0.717, 1.165) is 17.4 Å². The predicted molar refractivity (Wildman–Crippen MR) is 103 cm³/mol. The van der Waals surface area contributed by atoms with Gasteiger partial charge in [-0.15, -0.1) is 0 Å². The highest BCUT2D eigenvalue weighted by atomic mass is 32.2.